The van der Waals surface area contributed by atoms with E-state index in [1.807, 2.05) is 0 Å². The van der Waals surface area contributed by atoms with Crippen LogP contribution in [0.1, 0.15) is 51.4 Å². The van der Waals surface area contributed by atoms with Gasteiger partial charge < -0.3 is 15.0 Å². The largest absolute Gasteiger partial charge is 0.469 e. The number of rotatable bonds is 11. The Balaban J connectivity index is 1.89. The van der Waals surface area contributed by atoms with Crippen LogP contribution < -0.4 is 5.32 Å². The summed E-state index contributed by atoms with van der Waals surface area (Å²) in [6, 6.07) is 0. The highest BCUT2D eigenvalue weighted by molar-refractivity contribution is 5.69. The van der Waals surface area contributed by atoms with Crippen LogP contribution in [-0.4, -0.2) is 37.6 Å². The Kier molecular flexibility index (Phi) is 8.63. The van der Waals surface area contributed by atoms with Gasteiger partial charge in [0, 0.05) is 31.0 Å². The van der Waals surface area contributed by atoms with E-state index in [1.54, 1.807) is 0 Å². The van der Waals surface area contributed by atoms with E-state index in [0.717, 1.165) is 25.2 Å². The summed E-state index contributed by atoms with van der Waals surface area (Å²) in [4.78, 5) is 13.4. The molecule has 1 aliphatic heterocycles. The first-order valence-electron chi connectivity index (χ1n) is 8.04. The van der Waals surface area contributed by atoms with Gasteiger partial charge in [0.1, 0.15) is 0 Å². The molecule has 0 aromatic rings. The highest BCUT2D eigenvalue weighted by atomic mass is 16.5. The van der Waals surface area contributed by atoms with E-state index >= 15 is 0 Å². The van der Waals surface area contributed by atoms with Crippen molar-refractivity contribution < 1.29 is 9.53 Å². The van der Waals surface area contributed by atoms with Crippen LogP contribution in [0.25, 0.3) is 0 Å². The second kappa shape index (κ2) is 10.3. The highest BCUT2D eigenvalue weighted by Crippen LogP contribution is 2.19. The van der Waals surface area contributed by atoms with Crippen LogP contribution in [0.4, 0.5) is 0 Å². The Morgan fingerprint density at radius 3 is 2.71 bits per heavy atom. The van der Waals surface area contributed by atoms with E-state index in [4.69, 9.17) is 0 Å². The number of likely N-dealkylation sites (tertiary alicyclic amines) is 1. The molecule has 0 amide bonds. The molecular weight excluding hydrogens is 264 g/mol. The molecule has 1 rings (SSSR count). The van der Waals surface area contributed by atoms with Crippen molar-refractivity contribution in [2.75, 3.05) is 26.7 Å². The number of hydrogen-bond donors (Lipinski definition) is 1. The third kappa shape index (κ3) is 7.78. The van der Waals surface area contributed by atoms with Gasteiger partial charge in [-0.1, -0.05) is 26.0 Å². The van der Waals surface area contributed by atoms with Gasteiger partial charge in [0.05, 0.1) is 13.5 Å². The summed E-state index contributed by atoms with van der Waals surface area (Å²) in [7, 11) is 1.41. The van der Waals surface area contributed by atoms with E-state index in [2.05, 4.69) is 28.1 Å². The zero-order valence-corrected chi connectivity index (χ0v) is 13.5. The summed E-state index contributed by atoms with van der Waals surface area (Å²) in [5.74, 6) is -0.179. The van der Waals surface area contributed by atoms with Crippen LogP contribution in [0.15, 0.2) is 24.6 Å². The molecule has 0 atom stereocenters. The SMILES string of the molecule is C=C(CCC(=O)OC)NCCCCCCN1CCCC1=C. The minimum Gasteiger partial charge on any atom is -0.469 e. The lowest BCUT2D eigenvalue weighted by Gasteiger charge is -2.18. The Morgan fingerprint density at radius 1 is 1.29 bits per heavy atom. The van der Waals surface area contributed by atoms with Crippen LogP contribution in [0.3, 0.4) is 0 Å². The molecule has 0 aromatic carbocycles. The first kappa shape index (κ1) is 17.6. The predicted octanol–water partition coefficient (Wildman–Crippen LogP) is 3.21. The number of allylic oxidation sites excluding steroid dienone is 2. The summed E-state index contributed by atoms with van der Waals surface area (Å²) in [6.07, 6.45) is 8.41. The van der Waals surface area contributed by atoms with Crippen molar-refractivity contribution in [1.29, 1.82) is 0 Å². The number of esters is 1. The molecule has 4 nitrogen and oxygen atoms in total. The molecule has 1 heterocycles. The van der Waals surface area contributed by atoms with Crippen LogP contribution in [0.5, 0.6) is 0 Å². The zero-order valence-electron chi connectivity index (χ0n) is 13.5. The number of methoxy groups -OCH3 is 1. The Morgan fingerprint density at radius 2 is 2.05 bits per heavy atom. The Bertz CT molecular complexity index is 353. The van der Waals surface area contributed by atoms with Gasteiger partial charge in [0.25, 0.3) is 0 Å². The van der Waals surface area contributed by atoms with E-state index in [9.17, 15) is 4.79 Å². The minimum atomic E-state index is -0.179. The summed E-state index contributed by atoms with van der Waals surface area (Å²) in [5, 5.41) is 3.27. The van der Waals surface area contributed by atoms with Crippen molar-refractivity contribution in [3.63, 3.8) is 0 Å². The molecule has 0 aromatic heterocycles. The second-order valence-electron chi connectivity index (χ2n) is 5.68. The molecule has 4 heteroatoms. The first-order valence-corrected chi connectivity index (χ1v) is 8.04. The maximum absolute atomic E-state index is 11.0. The average Bonchev–Trinajstić information content (AvgIpc) is 2.89. The molecule has 0 unspecified atom stereocenters. The van der Waals surface area contributed by atoms with E-state index in [-0.39, 0.29) is 5.97 Å². The first-order chi connectivity index (χ1) is 10.1. The summed E-state index contributed by atoms with van der Waals surface area (Å²) < 4.78 is 4.60. The van der Waals surface area contributed by atoms with Gasteiger partial charge in [0.15, 0.2) is 0 Å². The molecule has 120 valence electrons. The number of hydrogen-bond acceptors (Lipinski definition) is 4. The van der Waals surface area contributed by atoms with Crippen LogP contribution >= 0.6 is 0 Å². The highest BCUT2D eigenvalue weighted by Gasteiger charge is 2.13. The fourth-order valence-corrected chi connectivity index (χ4v) is 2.55. The maximum Gasteiger partial charge on any atom is 0.305 e. The summed E-state index contributed by atoms with van der Waals surface area (Å²) in [6.45, 7) is 11.3. The lowest BCUT2D eigenvalue weighted by atomic mass is 10.2. The number of carbonyl (C=O) groups is 1. The molecular formula is C17H30N2O2. The standard InChI is InChI=1S/C17H30N2O2/c1-15(10-11-17(20)21-3)18-12-6-4-5-7-13-19-14-8-9-16(19)2/h18H,1-2,4-14H2,3H3. The summed E-state index contributed by atoms with van der Waals surface area (Å²) in [5.41, 5.74) is 2.24. The van der Waals surface area contributed by atoms with E-state index in [1.165, 1.54) is 51.5 Å². The smallest absolute Gasteiger partial charge is 0.305 e. The third-order valence-electron chi connectivity index (χ3n) is 3.93. The Hall–Kier alpha value is -1.45. The van der Waals surface area contributed by atoms with Gasteiger partial charge in [-0.15, -0.1) is 0 Å². The lowest BCUT2D eigenvalue weighted by Crippen LogP contribution is -2.18. The molecule has 0 bridgehead atoms. The van der Waals surface area contributed by atoms with Crippen molar-refractivity contribution in [3.05, 3.63) is 24.6 Å². The molecule has 1 N–H and O–H groups in total. The fourth-order valence-electron chi connectivity index (χ4n) is 2.55. The van der Waals surface area contributed by atoms with E-state index in [0.29, 0.717) is 12.8 Å². The number of carbonyl (C=O) groups excluding carboxylic acids is 1. The van der Waals surface area contributed by atoms with Crippen molar-refractivity contribution in [3.8, 4) is 0 Å². The van der Waals surface area contributed by atoms with Gasteiger partial charge >= 0.3 is 5.97 Å². The van der Waals surface area contributed by atoms with Gasteiger partial charge in [0.2, 0.25) is 0 Å². The third-order valence-corrected chi connectivity index (χ3v) is 3.93. The minimum absolute atomic E-state index is 0.179. The van der Waals surface area contributed by atoms with E-state index < -0.39 is 0 Å². The van der Waals surface area contributed by atoms with Gasteiger partial charge in [-0.2, -0.15) is 0 Å². The molecule has 21 heavy (non-hydrogen) atoms. The van der Waals surface area contributed by atoms with Crippen molar-refractivity contribution in [1.82, 2.24) is 10.2 Å². The molecule has 0 spiro atoms. The van der Waals surface area contributed by atoms with Gasteiger partial charge in [-0.25, -0.2) is 0 Å². The number of nitrogens with one attached hydrogen (secondary N) is 1. The maximum atomic E-state index is 11.0. The molecule has 1 aliphatic rings. The van der Waals surface area contributed by atoms with Crippen LogP contribution in [0.2, 0.25) is 0 Å². The monoisotopic (exact) mass is 294 g/mol. The summed E-state index contributed by atoms with van der Waals surface area (Å²) >= 11 is 0. The number of nitrogens with zero attached hydrogens (tertiary/aromatic N) is 1. The van der Waals surface area contributed by atoms with Gasteiger partial charge in [-0.3, -0.25) is 4.79 Å². The molecule has 1 fully saturated rings. The van der Waals surface area contributed by atoms with Crippen molar-refractivity contribution in [2.24, 2.45) is 0 Å². The average molecular weight is 294 g/mol. The van der Waals surface area contributed by atoms with Crippen molar-refractivity contribution >= 4 is 5.97 Å². The van der Waals surface area contributed by atoms with Crippen LogP contribution in [-0.2, 0) is 9.53 Å². The molecule has 0 aliphatic carbocycles. The zero-order chi connectivity index (χ0) is 15.5. The predicted molar refractivity (Wildman–Crippen MR) is 86.8 cm³/mol. The number of ether oxygens (including phenoxy) is 1. The number of unbranched alkanes of at least 4 members (excludes halogenated alkanes) is 3. The van der Waals surface area contributed by atoms with Gasteiger partial charge in [-0.05, 0) is 32.1 Å². The Labute approximate surface area is 129 Å². The van der Waals surface area contributed by atoms with Crippen LogP contribution in [0, 0.1) is 0 Å². The molecule has 1 saturated heterocycles. The molecule has 0 saturated carbocycles. The second-order valence-corrected chi connectivity index (χ2v) is 5.68. The quantitative estimate of drug-likeness (QED) is 0.469. The topological polar surface area (TPSA) is 41.6 Å². The fraction of sp³-hybridized carbons (Fsp3) is 0.706. The lowest BCUT2D eigenvalue weighted by molar-refractivity contribution is -0.140. The van der Waals surface area contributed by atoms with Crippen molar-refractivity contribution in [2.45, 2.75) is 51.4 Å². The molecule has 0 radical (unpaired) electrons. The normalized spacial score (nSPS) is 14.3.